The fourth-order valence-electron chi connectivity index (χ4n) is 3.49. The number of aromatic carboxylic acids is 1. The molecule has 0 atom stereocenters. The molecule has 1 N–H and O–H groups in total. The van der Waals surface area contributed by atoms with Crippen LogP contribution in [0.1, 0.15) is 90.1 Å². The van der Waals surface area contributed by atoms with E-state index in [1.165, 1.54) is 31.7 Å². The van der Waals surface area contributed by atoms with E-state index in [0.717, 1.165) is 24.8 Å². The first-order valence-corrected chi connectivity index (χ1v) is 10.6. The minimum atomic E-state index is -1.08. The van der Waals surface area contributed by atoms with E-state index in [-0.39, 0.29) is 16.9 Å². The summed E-state index contributed by atoms with van der Waals surface area (Å²) in [6.07, 6.45) is 8.21. The first-order chi connectivity index (χ1) is 14.0. The van der Waals surface area contributed by atoms with Gasteiger partial charge in [-0.3, -0.25) is 4.79 Å². The lowest BCUT2D eigenvalue weighted by molar-refractivity contribution is 0.0691. The number of carbonyl (C=O) groups excluding carboxylic acids is 1. The Kier molecular flexibility index (Phi) is 9.42. The Morgan fingerprint density at radius 2 is 1.55 bits per heavy atom. The maximum absolute atomic E-state index is 12.8. The predicted molar refractivity (Wildman–Crippen MR) is 116 cm³/mol. The molecule has 4 heteroatoms. The molecule has 0 aliphatic carbocycles. The smallest absolute Gasteiger partial charge is 0.336 e. The highest BCUT2D eigenvalue weighted by Gasteiger charge is 2.21. The summed E-state index contributed by atoms with van der Waals surface area (Å²) in [4.78, 5) is 24.5. The Balaban J connectivity index is 2.03. The lowest BCUT2D eigenvalue weighted by atomic mass is 9.94. The SMILES string of the molecule is CCCCCCCCCC(=O)c1c(C(=O)O)ccc(OCc2ccccc2)c1C. The molecule has 0 radical (unpaired) electrons. The maximum Gasteiger partial charge on any atom is 0.336 e. The number of carbonyl (C=O) groups is 2. The fraction of sp³-hybridized carbons (Fsp3) is 0.440. The molecule has 0 spiro atoms. The largest absolute Gasteiger partial charge is 0.489 e. The molecule has 4 nitrogen and oxygen atoms in total. The van der Waals surface area contributed by atoms with Crippen molar-refractivity contribution in [2.45, 2.75) is 71.8 Å². The van der Waals surface area contributed by atoms with Crippen LogP contribution < -0.4 is 4.74 Å². The molecule has 0 amide bonds. The summed E-state index contributed by atoms with van der Waals surface area (Å²) in [5.74, 6) is -0.633. The van der Waals surface area contributed by atoms with Gasteiger partial charge in [0.05, 0.1) is 5.56 Å². The normalized spacial score (nSPS) is 10.7. The van der Waals surface area contributed by atoms with Gasteiger partial charge < -0.3 is 9.84 Å². The number of hydrogen-bond acceptors (Lipinski definition) is 3. The van der Waals surface area contributed by atoms with Crippen LogP contribution >= 0.6 is 0 Å². The first kappa shape index (κ1) is 22.7. The van der Waals surface area contributed by atoms with Gasteiger partial charge >= 0.3 is 5.97 Å². The fourth-order valence-corrected chi connectivity index (χ4v) is 3.49. The molecule has 0 saturated heterocycles. The topological polar surface area (TPSA) is 63.6 Å². The van der Waals surface area contributed by atoms with Gasteiger partial charge in [-0.25, -0.2) is 4.79 Å². The van der Waals surface area contributed by atoms with Gasteiger partial charge in [0.25, 0.3) is 0 Å². The van der Waals surface area contributed by atoms with Crippen molar-refractivity contribution < 1.29 is 19.4 Å². The Morgan fingerprint density at radius 1 is 0.897 bits per heavy atom. The summed E-state index contributed by atoms with van der Waals surface area (Å²) in [5, 5.41) is 9.54. The summed E-state index contributed by atoms with van der Waals surface area (Å²) in [6.45, 7) is 4.34. The minimum Gasteiger partial charge on any atom is -0.489 e. The van der Waals surface area contributed by atoms with Crippen LogP contribution in [0.5, 0.6) is 5.75 Å². The maximum atomic E-state index is 12.8. The van der Waals surface area contributed by atoms with E-state index < -0.39 is 5.97 Å². The zero-order valence-corrected chi connectivity index (χ0v) is 17.6. The van der Waals surface area contributed by atoms with E-state index in [9.17, 15) is 14.7 Å². The van der Waals surface area contributed by atoms with Gasteiger partial charge in [0.15, 0.2) is 5.78 Å². The lowest BCUT2D eigenvalue weighted by Crippen LogP contribution is -2.12. The van der Waals surface area contributed by atoms with Crippen LogP contribution in [0.25, 0.3) is 0 Å². The number of ketones is 1. The zero-order valence-electron chi connectivity index (χ0n) is 17.6. The van der Waals surface area contributed by atoms with Crippen LogP contribution in [0, 0.1) is 6.92 Å². The Labute approximate surface area is 173 Å². The predicted octanol–water partition coefficient (Wildman–Crippen LogP) is 6.60. The van der Waals surface area contributed by atoms with Crippen molar-refractivity contribution in [2.75, 3.05) is 0 Å². The van der Waals surface area contributed by atoms with Crippen LogP contribution in [-0.2, 0) is 6.61 Å². The minimum absolute atomic E-state index is 0.0579. The van der Waals surface area contributed by atoms with E-state index in [2.05, 4.69) is 6.92 Å². The number of ether oxygens (including phenoxy) is 1. The Hall–Kier alpha value is -2.62. The number of unbranched alkanes of at least 4 members (excludes halogenated alkanes) is 6. The first-order valence-electron chi connectivity index (χ1n) is 10.6. The summed E-state index contributed by atoms with van der Waals surface area (Å²) in [5.41, 5.74) is 1.97. The lowest BCUT2D eigenvalue weighted by Gasteiger charge is -2.15. The van der Waals surface area contributed by atoms with Crippen LogP contribution in [0.4, 0.5) is 0 Å². The molecule has 2 rings (SSSR count). The van der Waals surface area contributed by atoms with Crippen LogP contribution in [0.15, 0.2) is 42.5 Å². The molecule has 0 bridgehead atoms. The molecular formula is C25H32O4. The van der Waals surface area contributed by atoms with Gasteiger partial charge in [0, 0.05) is 17.5 Å². The Bertz CT molecular complexity index is 796. The van der Waals surface area contributed by atoms with Crippen molar-refractivity contribution in [2.24, 2.45) is 0 Å². The van der Waals surface area contributed by atoms with Crippen molar-refractivity contribution in [3.05, 3.63) is 64.7 Å². The number of carboxylic acid groups (broad SMARTS) is 1. The molecule has 0 saturated carbocycles. The third-order valence-electron chi connectivity index (χ3n) is 5.17. The number of carboxylic acids is 1. The summed E-state index contributed by atoms with van der Waals surface area (Å²) in [7, 11) is 0. The summed E-state index contributed by atoms with van der Waals surface area (Å²) in [6, 6.07) is 12.9. The number of benzene rings is 2. The Morgan fingerprint density at radius 3 is 2.21 bits per heavy atom. The molecule has 0 unspecified atom stereocenters. The molecular weight excluding hydrogens is 364 g/mol. The number of rotatable bonds is 13. The van der Waals surface area contributed by atoms with Gasteiger partial charge in [-0.1, -0.05) is 75.8 Å². The molecule has 29 heavy (non-hydrogen) atoms. The van der Waals surface area contributed by atoms with Crippen LogP contribution in [0.2, 0.25) is 0 Å². The quantitative estimate of drug-likeness (QED) is 0.306. The second kappa shape index (κ2) is 12.1. The van der Waals surface area contributed by atoms with E-state index in [0.29, 0.717) is 24.3 Å². The molecule has 156 valence electrons. The number of Topliss-reactive ketones (excluding diaryl/α,β-unsaturated/α-hetero) is 1. The van der Waals surface area contributed by atoms with Crippen LogP contribution in [0.3, 0.4) is 0 Å². The van der Waals surface area contributed by atoms with Crippen molar-refractivity contribution in [1.29, 1.82) is 0 Å². The van der Waals surface area contributed by atoms with E-state index in [1.807, 2.05) is 30.3 Å². The van der Waals surface area contributed by atoms with Gasteiger partial charge in [-0.05, 0) is 31.0 Å². The molecule has 0 fully saturated rings. The third kappa shape index (κ3) is 7.04. The molecule has 0 heterocycles. The molecule has 0 aromatic heterocycles. The highest BCUT2D eigenvalue weighted by Crippen LogP contribution is 2.28. The average molecular weight is 397 g/mol. The second-order valence-corrected chi connectivity index (χ2v) is 7.49. The summed E-state index contributed by atoms with van der Waals surface area (Å²) >= 11 is 0. The highest BCUT2D eigenvalue weighted by atomic mass is 16.5. The monoisotopic (exact) mass is 396 g/mol. The van der Waals surface area contributed by atoms with Crippen molar-refractivity contribution in [3.8, 4) is 5.75 Å². The summed E-state index contributed by atoms with van der Waals surface area (Å²) < 4.78 is 5.88. The van der Waals surface area contributed by atoms with Crippen molar-refractivity contribution >= 4 is 11.8 Å². The molecule has 2 aromatic carbocycles. The standard InChI is InChI=1S/C25H32O4/c1-3-4-5-6-7-8-12-15-22(26)24-19(2)23(17-16-21(24)25(27)28)29-18-20-13-10-9-11-14-20/h9-11,13-14,16-17H,3-8,12,15,18H2,1-2H3,(H,27,28). The second-order valence-electron chi connectivity index (χ2n) is 7.49. The number of hydrogen-bond donors (Lipinski definition) is 1. The van der Waals surface area contributed by atoms with Crippen molar-refractivity contribution in [3.63, 3.8) is 0 Å². The van der Waals surface area contributed by atoms with Crippen molar-refractivity contribution in [1.82, 2.24) is 0 Å². The van der Waals surface area contributed by atoms with Gasteiger partial charge in [-0.2, -0.15) is 0 Å². The van der Waals surface area contributed by atoms with Gasteiger partial charge in [0.1, 0.15) is 12.4 Å². The van der Waals surface area contributed by atoms with E-state index >= 15 is 0 Å². The molecule has 2 aromatic rings. The third-order valence-corrected chi connectivity index (χ3v) is 5.17. The molecule has 0 aliphatic rings. The van der Waals surface area contributed by atoms with Gasteiger partial charge in [-0.15, -0.1) is 0 Å². The van der Waals surface area contributed by atoms with E-state index in [1.54, 1.807) is 13.0 Å². The highest BCUT2D eigenvalue weighted by molar-refractivity contribution is 6.07. The van der Waals surface area contributed by atoms with Crippen LogP contribution in [-0.4, -0.2) is 16.9 Å². The molecule has 0 aliphatic heterocycles. The zero-order chi connectivity index (χ0) is 21.1. The average Bonchev–Trinajstić information content (AvgIpc) is 2.72. The van der Waals surface area contributed by atoms with Gasteiger partial charge in [0.2, 0.25) is 0 Å². The van der Waals surface area contributed by atoms with E-state index in [4.69, 9.17) is 4.74 Å².